The summed E-state index contributed by atoms with van der Waals surface area (Å²) < 4.78 is 5.55. The van der Waals surface area contributed by atoms with Crippen molar-refractivity contribution >= 4 is 11.6 Å². The molecule has 2 rings (SSSR count). The Kier molecular flexibility index (Phi) is 4.46. The first-order valence-corrected chi connectivity index (χ1v) is 6.57. The fraction of sp³-hybridized carbons (Fsp3) is 0.250. The number of aliphatic hydroxyl groups excluding tert-OH is 1. The Balaban J connectivity index is 2.03. The molecule has 0 saturated carbocycles. The molecule has 0 aliphatic carbocycles. The molecule has 0 spiro atoms. The minimum atomic E-state index is -0.641. The molecule has 0 aliphatic rings. The Labute approximate surface area is 118 Å². The molecule has 100 valence electrons. The maximum atomic E-state index is 10.1. The number of hydrogen-bond donors (Lipinski definition) is 1. The number of aryl methyl sites for hydroxylation is 2. The minimum absolute atomic E-state index is 0.212. The summed E-state index contributed by atoms with van der Waals surface area (Å²) in [5.74, 6) is 0.663. The lowest BCUT2D eigenvalue weighted by atomic mass is 10.0. The van der Waals surface area contributed by atoms with Crippen LogP contribution in [0.1, 0.15) is 22.8 Å². The van der Waals surface area contributed by atoms with Gasteiger partial charge in [0, 0.05) is 5.02 Å². The highest BCUT2D eigenvalue weighted by atomic mass is 35.5. The summed E-state index contributed by atoms with van der Waals surface area (Å²) in [7, 11) is 0. The second-order valence-corrected chi connectivity index (χ2v) is 5.14. The van der Waals surface area contributed by atoms with Crippen LogP contribution in [0.2, 0.25) is 5.02 Å². The number of aliphatic hydroxyl groups is 1. The lowest BCUT2D eigenvalue weighted by Crippen LogP contribution is -2.10. The highest BCUT2D eigenvalue weighted by Gasteiger charge is 2.09. The quantitative estimate of drug-likeness (QED) is 0.912. The molecule has 0 amide bonds. The molecule has 2 aromatic rings. The van der Waals surface area contributed by atoms with E-state index in [4.69, 9.17) is 16.3 Å². The molecule has 19 heavy (non-hydrogen) atoms. The van der Waals surface area contributed by atoms with Gasteiger partial charge in [0.05, 0.1) is 0 Å². The van der Waals surface area contributed by atoms with Gasteiger partial charge in [0.2, 0.25) is 0 Å². The van der Waals surface area contributed by atoms with Crippen molar-refractivity contribution in [2.45, 2.75) is 20.0 Å². The van der Waals surface area contributed by atoms with E-state index in [1.807, 2.05) is 38.1 Å². The van der Waals surface area contributed by atoms with Gasteiger partial charge in [-0.3, -0.25) is 0 Å². The summed E-state index contributed by atoms with van der Waals surface area (Å²) in [6.07, 6.45) is -0.641. The average Bonchev–Trinajstić information content (AvgIpc) is 2.35. The number of benzene rings is 2. The number of hydrogen-bond acceptors (Lipinski definition) is 2. The molecule has 0 fully saturated rings. The Bertz CT molecular complexity index is 546. The highest BCUT2D eigenvalue weighted by Crippen LogP contribution is 2.21. The number of rotatable bonds is 4. The van der Waals surface area contributed by atoms with Crippen LogP contribution in [-0.2, 0) is 0 Å². The maximum absolute atomic E-state index is 10.1. The van der Waals surface area contributed by atoms with E-state index < -0.39 is 6.10 Å². The zero-order valence-electron chi connectivity index (χ0n) is 11.1. The monoisotopic (exact) mass is 276 g/mol. The molecule has 0 heterocycles. The summed E-state index contributed by atoms with van der Waals surface area (Å²) in [5.41, 5.74) is 3.15. The first-order chi connectivity index (χ1) is 9.04. The van der Waals surface area contributed by atoms with Crippen LogP contribution in [0.25, 0.3) is 0 Å². The van der Waals surface area contributed by atoms with E-state index >= 15 is 0 Å². The van der Waals surface area contributed by atoms with Crippen LogP contribution in [0.5, 0.6) is 5.75 Å². The van der Waals surface area contributed by atoms with E-state index in [0.717, 1.165) is 16.7 Å². The normalized spacial score (nSPS) is 12.2. The molecule has 0 bridgehead atoms. The summed E-state index contributed by atoms with van der Waals surface area (Å²) >= 11 is 5.88. The second-order valence-electron chi connectivity index (χ2n) is 4.71. The predicted molar refractivity (Wildman–Crippen MR) is 77.8 cm³/mol. The third-order valence-corrected chi connectivity index (χ3v) is 3.07. The fourth-order valence-electron chi connectivity index (χ4n) is 2.03. The number of halogens is 1. The van der Waals surface area contributed by atoms with Gasteiger partial charge in [0.25, 0.3) is 0 Å². The Morgan fingerprint density at radius 2 is 1.79 bits per heavy atom. The molecule has 1 unspecified atom stereocenters. The van der Waals surface area contributed by atoms with Crippen LogP contribution >= 0.6 is 11.6 Å². The molecule has 3 heteroatoms. The van der Waals surface area contributed by atoms with E-state index in [9.17, 15) is 5.11 Å². The van der Waals surface area contributed by atoms with Crippen LogP contribution in [-0.4, -0.2) is 11.7 Å². The molecule has 0 aliphatic heterocycles. The molecule has 0 radical (unpaired) electrons. The smallest absolute Gasteiger partial charge is 0.120 e. The maximum Gasteiger partial charge on any atom is 0.120 e. The molecule has 2 aromatic carbocycles. The van der Waals surface area contributed by atoms with Crippen molar-refractivity contribution in [2.24, 2.45) is 0 Å². The van der Waals surface area contributed by atoms with Gasteiger partial charge in [-0.25, -0.2) is 0 Å². The van der Waals surface area contributed by atoms with Crippen LogP contribution in [0.4, 0.5) is 0 Å². The fourth-order valence-corrected chi connectivity index (χ4v) is 2.21. The van der Waals surface area contributed by atoms with Crippen molar-refractivity contribution in [1.82, 2.24) is 0 Å². The summed E-state index contributed by atoms with van der Waals surface area (Å²) in [4.78, 5) is 0. The SMILES string of the molecule is Cc1cc(C)cc(C(O)COc2cccc(Cl)c2)c1. The van der Waals surface area contributed by atoms with E-state index in [0.29, 0.717) is 10.8 Å². The predicted octanol–water partition coefficient (Wildman–Crippen LogP) is 4.07. The van der Waals surface area contributed by atoms with Crippen LogP contribution < -0.4 is 4.74 Å². The Morgan fingerprint density at radius 1 is 1.11 bits per heavy atom. The van der Waals surface area contributed by atoms with Gasteiger partial charge < -0.3 is 9.84 Å². The van der Waals surface area contributed by atoms with Crippen LogP contribution in [0.15, 0.2) is 42.5 Å². The van der Waals surface area contributed by atoms with Gasteiger partial charge in [-0.15, -0.1) is 0 Å². The van der Waals surface area contributed by atoms with Crippen molar-refractivity contribution in [1.29, 1.82) is 0 Å². The minimum Gasteiger partial charge on any atom is -0.490 e. The topological polar surface area (TPSA) is 29.5 Å². The molecule has 0 aromatic heterocycles. The third kappa shape index (κ3) is 3.98. The van der Waals surface area contributed by atoms with Crippen LogP contribution in [0, 0.1) is 13.8 Å². The molecule has 1 N–H and O–H groups in total. The van der Waals surface area contributed by atoms with Gasteiger partial charge in [-0.1, -0.05) is 47.0 Å². The molecular weight excluding hydrogens is 260 g/mol. The number of ether oxygens (including phenoxy) is 1. The van der Waals surface area contributed by atoms with Crippen molar-refractivity contribution in [3.63, 3.8) is 0 Å². The molecule has 0 saturated heterocycles. The molecule has 1 atom stereocenters. The van der Waals surface area contributed by atoms with Crippen molar-refractivity contribution in [3.05, 3.63) is 64.2 Å². The first-order valence-electron chi connectivity index (χ1n) is 6.19. The van der Waals surface area contributed by atoms with Gasteiger partial charge in [-0.05, 0) is 37.6 Å². The van der Waals surface area contributed by atoms with Gasteiger partial charge in [-0.2, -0.15) is 0 Å². The lowest BCUT2D eigenvalue weighted by molar-refractivity contribution is 0.108. The third-order valence-electron chi connectivity index (χ3n) is 2.83. The summed E-state index contributed by atoms with van der Waals surface area (Å²) in [5, 5.41) is 10.8. The lowest BCUT2D eigenvalue weighted by Gasteiger charge is -2.14. The van der Waals surface area contributed by atoms with Crippen molar-refractivity contribution in [2.75, 3.05) is 6.61 Å². The van der Waals surface area contributed by atoms with Crippen molar-refractivity contribution < 1.29 is 9.84 Å². The Hall–Kier alpha value is -1.51. The average molecular weight is 277 g/mol. The molecule has 2 nitrogen and oxygen atoms in total. The largest absolute Gasteiger partial charge is 0.490 e. The van der Waals surface area contributed by atoms with E-state index in [2.05, 4.69) is 6.07 Å². The van der Waals surface area contributed by atoms with E-state index in [-0.39, 0.29) is 6.61 Å². The van der Waals surface area contributed by atoms with Gasteiger partial charge in [0.1, 0.15) is 18.5 Å². The standard InChI is InChI=1S/C16H17ClO2/c1-11-6-12(2)8-13(7-11)16(18)10-19-15-5-3-4-14(17)9-15/h3-9,16,18H,10H2,1-2H3. The Morgan fingerprint density at radius 3 is 2.42 bits per heavy atom. The highest BCUT2D eigenvalue weighted by molar-refractivity contribution is 6.30. The molecular formula is C16H17ClO2. The second kappa shape index (κ2) is 6.09. The van der Waals surface area contributed by atoms with Crippen molar-refractivity contribution in [3.8, 4) is 5.75 Å². The zero-order chi connectivity index (χ0) is 13.8. The van der Waals surface area contributed by atoms with E-state index in [1.165, 1.54) is 0 Å². The summed E-state index contributed by atoms with van der Waals surface area (Å²) in [6, 6.07) is 13.2. The van der Waals surface area contributed by atoms with Crippen LogP contribution in [0.3, 0.4) is 0 Å². The zero-order valence-corrected chi connectivity index (χ0v) is 11.8. The van der Waals surface area contributed by atoms with Gasteiger partial charge in [0.15, 0.2) is 0 Å². The summed E-state index contributed by atoms with van der Waals surface area (Å²) in [6.45, 7) is 4.24. The van der Waals surface area contributed by atoms with Gasteiger partial charge >= 0.3 is 0 Å². The van der Waals surface area contributed by atoms with E-state index in [1.54, 1.807) is 12.1 Å². The first kappa shape index (κ1) is 13.9.